The third kappa shape index (κ3) is 6.28. The Morgan fingerprint density at radius 3 is 2.14 bits per heavy atom. The van der Waals surface area contributed by atoms with E-state index >= 15 is 0 Å². The van der Waals surface area contributed by atoms with E-state index in [-0.39, 0.29) is 43.0 Å². The second-order valence-electron chi connectivity index (χ2n) is 9.01. The number of hydrogen-bond donors (Lipinski definition) is 1. The van der Waals surface area contributed by atoms with E-state index < -0.39 is 10.0 Å². The number of piperazine rings is 1. The summed E-state index contributed by atoms with van der Waals surface area (Å²) in [4.78, 5) is 40.2. The maximum atomic E-state index is 12.7. The molecule has 0 aromatic heterocycles. The van der Waals surface area contributed by atoms with Gasteiger partial charge in [0.1, 0.15) is 5.75 Å². The maximum absolute atomic E-state index is 12.7. The Balaban J connectivity index is 1.12. The van der Waals surface area contributed by atoms with Gasteiger partial charge >= 0.3 is 0 Å². The van der Waals surface area contributed by atoms with Crippen LogP contribution in [0.4, 0.5) is 5.69 Å². The van der Waals surface area contributed by atoms with Gasteiger partial charge in [-0.2, -0.15) is 4.31 Å². The van der Waals surface area contributed by atoms with Gasteiger partial charge in [-0.15, -0.1) is 0 Å². The average molecular weight is 529 g/mol. The summed E-state index contributed by atoms with van der Waals surface area (Å²) in [5.74, 6) is -0.167. The third-order valence-corrected chi connectivity index (χ3v) is 8.59. The SMILES string of the molecule is COc1ccc(N2CCN(S(=O)(=O)CCCNC(=O)CCCN3C(=O)c4ccccc4C3=O)CC2)cc1. The number of sulfonamides is 1. The molecule has 2 aliphatic heterocycles. The quantitative estimate of drug-likeness (QED) is 0.349. The minimum atomic E-state index is -3.41. The number of imide groups is 1. The number of fused-ring (bicyclic) bond motifs is 1. The van der Waals surface area contributed by atoms with Gasteiger partial charge in [0.2, 0.25) is 15.9 Å². The molecule has 0 spiro atoms. The summed E-state index contributed by atoms with van der Waals surface area (Å²) in [5.41, 5.74) is 1.81. The van der Waals surface area contributed by atoms with Crippen molar-refractivity contribution in [1.82, 2.24) is 14.5 Å². The van der Waals surface area contributed by atoms with Crippen LogP contribution in [0, 0.1) is 0 Å². The van der Waals surface area contributed by atoms with Crippen LogP contribution in [0.5, 0.6) is 5.75 Å². The Labute approximate surface area is 217 Å². The summed E-state index contributed by atoms with van der Waals surface area (Å²) in [6.07, 6.45) is 0.798. The number of amides is 3. The van der Waals surface area contributed by atoms with E-state index in [1.807, 2.05) is 24.3 Å². The first-order chi connectivity index (χ1) is 17.8. The number of anilines is 1. The Kier molecular flexibility index (Phi) is 8.45. The zero-order valence-corrected chi connectivity index (χ0v) is 21.7. The predicted molar refractivity (Wildman–Crippen MR) is 139 cm³/mol. The summed E-state index contributed by atoms with van der Waals surface area (Å²) in [6, 6.07) is 14.4. The molecule has 198 valence electrons. The Hall–Kier alpha value is -3.44. The molecule has 2 heterocycles. The van der Waals surface area contributed by atoms with Crippen molar-refractivity contribution >= 4 is 33.4 Å². The first-order valence-corrected chi connectivity index (χ1v) is 14.0. The Morgan fingerprint density at radius 2 is 1.54 bits per heavy atom. The van der Waals surface area contributed by atoms with E-state index in [1.54, 1.807) is 31.4 Å². The highest BCUT2D eigenvalue weighted by Crippen LogP contribution is 2.23. The summed E-state index contributed by atoms with van der Waals surface area (Å²) in [6.45, 7) is 2.45. The van der Waals surface area contributed by atoms with E-state index in [0.717, 1.165) is 11.4 Å². The molecule has 3 amide bonds. The Morgan fingerprint density at radius 1 is 0.919 bits per heavy atom. The lowest BCUT2D eigenvalue weighted by molar-refractivity contribution is -0.121. The van der Waals surface area contributed by atoms with Crippen LogP contribution in [0.3, 0.4) is 0 Å². The smallest absolute Gasteiger partial charge is 0.261 e. The molecule has 0 bridgehead atoms. The Bertz CT molecular complexity index is 1200. The van der Waals surface area contributed by atoms with Gasteiger partial charge in [-0.05, 0) is 49.2 Å². The number of hydrogen-bond acceptors (Lipinski definition) is 7. The van der Waals surface area contributed by atoms with E-state index in [2.05, 4.69) is 10.2 Å². The van der Waals surface area contributed by atoms with E-state index in [9.17, 15) is 22.8 Å². The monoisotopic (exact) mass is 528 g/mol. The number of carbonyl (C=O) groups is 3. The van der Waals surface area contributed by atoms with Crippen molar-refractivity contribution in [1.29, 1.82) is 0 Å². The highest BCUT2D eigenvalue weighted by Gasteiger charge is 2.34. The average Bonchev–Trinajstić information content (AvgIpc) is 3.16. The molecule has 0 saturated carbocycles. The molecule has 0 unspecified atom stereocenters. The van der Waals surface area contributed by atoms with E-state index in [0.29, 0.717) is 50.1 Å². The summed E-state index contributed by atoms with van der Waals surface area (Å²) in [5, 5.41) is 2.73. The molecule has 11 heteroatoms. The number of rotatable bonds is 11. The fraction of sp³-hybridized carbons (Fsp3) is 0.423. The zero-order valence-electron chi connectivity index (χ0n) is 20.9. The third-order valence-electron chi connectivity index (χ3n) is 6.63. The molecular weight excluding hydrogens is 496 g/mol. The number of ether oxygens (including phenoxy) is 1. The van der Waals surface area contributed by atoms with Crippen LogP contribution in [0.15, 0.2) is 48.5 Å². The van der Waals surface area contributed by atoms with Crippen LogP contribution in [-0.2, 0) is 14.8 Å². The van der Waals surface area contributed by atoms with Gasteiger partial charge in [0.05, 0.1) is 24.0 Å². The predicted octanol–water partition coefficient (Wildman–Crippen LogP) is 1.73. The molecule has 4 rings (SSSR count). The minimum absolute atomic E-state index is 0.0368. The van der Waals surface area contributed by atoms with Crippen LogP contribution in [-0.4, -0.2) is 87.5 Å². The van der Waals surface area contributed by atoms with Crippen molar-refractivity contribution in [3.63, 3.8) is 0 Å². The molecule has 0 atom stereocenters. The number of methoxy groups -OCH3 is 1. The van der Waals surface area contributed by atoms with Crippen LogP contribution in [0.25, 0.3) is 0 Å². The van der Waals surface area contributed by atoms with Gasteiger partial charge < -0.3 is 15.0 Å². The van der Waals surface area contributed by atoms with Gasteiger partial charge in [0, 0.05) is 51.4 Å². The fourth-order valence-electron chi connectivity index (χ4n) is 4.56. The van der Waals surface area contributed by atoms with Crippen molar-refractivity contribution < 1.29 is 27.5 Å². The van der Waals surface area contributed by atoms with Crippen LogP contribution in [0.2, 0.25) is 0 Å². The van der Waals surface area contributed by atoms with Gasteiger partial charge in [0.25, 0.3) is 11.8 Å². The molecule has 2 aromatic rings. The second kappa shape index (κ2) is 11.7. The normalized spacial score (nSPS) is 16.1. The number of nitrogens with one attached hydrogen (secondary N) is 1. The van der Waals surface area contributed by atoms with Gasteiger partial charge in [-0.1, -0.05) is 12.1 Å². The lowest BCUT2D eigenvalue weighted by Gasteiger charge is -2.35. The molecule has 10 nitrogen and oxygen atoms in total. The molecule has 2 aromatic carbocycles. The number of nitrogens with zero attached hydrogens (tertiary/aromatic N) is 3. The molecule has 2 aliphatic rings. The summed E-state index contributed by atoms with van der Waals surface area (Å²) < 4.78 is 32.2. The standard InChI is InChI=1S/C26H32N4O6S/c1-36-21-11-9-20(10-12-21)28-15-17-29(18-16-28)37(34,35)19-5-13-27-24(31)8-4-14-30-25(32)22-6-2-3-7-23(22)26(30)33/h2-3,6-7,9-12H,4-5,8,13-19H2,1H3,(H,27,31). The molecule has 37 heavy (non-hydrogen) atoms. The van der Waals surface area contributed by atoms with Crippen LogP contribution >= 0.6 is 0 Å². The molecule has 1 N–H and O–H groups in total. The zero-order chi connectivity index (χ0) is 26.4. The van der Waals surface area contributed by atoms with Gasteiger partial charge in [-0.3, -0.25) is 19.3 Å². The molecule has 0 aliphatic carbocycles. The second-order valence-corrected chi connectivity index (χ2v) is 11.1. The number of benzene rings is 2. The van der Waals surface area contributed by atoms with Gasteiger partial charge in [0.15, 0.2) is 0 Å². The van der Waals surface area contributed by atoms with Crippen molar-refractivity contribution in [2.45, 2.75) is 19.3 Å². The lowest BCUT2D eigenvalue weighted by atomic mass is 10.1. The first-order valence-electron chi connectivity index (χ1n) is 12.4. The molecular formula is C26H32N4O6S. The fourth-order valence-corrected chi connectivity index (χ4v) is 6.04. The topological polar surface area (TPSA) is 116 Å². The van der Waals surface area contributed by atoms with Crippen LogP contribution < -0.4 is 15.0 Å². The first kappa shape index (κ1) is 26.6. The molecule has 1 fully saturated rings. The van der Waals surface area contributed by atoms with E-state index in [1.165, 1.54) is 9.21 Å². The maximum Gasteiger partial charge on any atom is 0.261 e. The van der Waals surface area contributed by atoms with E-state index in [4.69, 9.17) is 4.74 Å². The van der Waals surface area contributed by atoms with Crippen molar-refractivity contribution in [3.8, 4) is 5.75 Å². The molecule has 0 radical (unpaired) electrons. The minimum Gasteiger partial charge on any atom is -0.497 e. The van der Waals surface area contributed by atoms with Crippen LogP contribution in [0.1, 0.15) is 40.0 Å². The summed E-state index contributed by atoms with van der Waals surface area (Å²) >= 11 is 0. The molecule has 1 saturated heterocycles. The summed E-state index contributed by atoms with van der Waals surface area (Å²) in [7, 11) is -1.79. The number of carbonyl (C=O) groups excluding carboxylic acids is 3. The lowest BCUT2D eigenvalue weighted by Crippen LogP contribution is -2.49. The van der Waals surface area contributed by atoms with Crippen molar-refractivity contribution in [3.05, 3.63) is 59.7 Å². The van der Waals surface area contributed by atoms with Crippen molar-refractivity contribution in [2.24, 2.45) is 0 Å². The highest BCUT2D eigenvalue weighted by molar-refractivity contribution is 7.89. The largest absolute Gasteiger partial charge is 0.497 e. The highest BCUT2D eigenvalue weighted by atomic mass is 32.2. The van der Waals surface area contributed by atoms with Gasteiger partial charge in [-0.25, -0.2) is 8.42 Å². The van der Waals surface area contributed by atoms with Crippen molar-refractivity contribution in [2.75, 3.05) is 57.0 Å².